The molecule has 0 amide bonds. The second-order valence-electron chi connectivity index (χ2n) is 4.48. The van der Waals surface area contributed by atoms with Crippen LogP contribution in [0.2, 0.25) is 0 Å². The van der Waals surface area contributed by atoms with Crippen LogP contribution in [0.15, 0.2) is 40.3 Å². The standard InChI is InChI=1S/C13H11Br2F2N3O/c14-5-9(15)4-13(21,6-20-8-18-7-19-20)11-2-1-10(16)3-12(11)17/h1-3,5,7-8,21H,4,6H2/b9-5-. The van der Waals surface area contributed by atoms with E-state index in [9.17, 15) is 13.9 Å². The molecule has 0 aliphatic carbocycles. The Morgan fingerprint density at radius 1 is 1.43 bits per heavy atom. The van der Waals surface area contributed by atoms with Crippen molar-refractivity contribution in [1.82, 2.24) is 14.8 Å². The van der Waals surface area contributed by atoms with Gasteiger partial charge >= 0.3 is 0 Å². The number of rotatable bonds is 5. The molecule has 0 bridgehead atoms. The average Bonchev–Trinajstić information content (AvgIpc) is 2.90. The minimum atomic E-state index is -1.60. The molecule has 1 atom stereocenters. The van der Waals surface area contributed by atoms with Crippen LogP contribution in [0.1, 0.15) is 12.0 Å². The molecule has 0 spiro atoms. The summed E-state index contributed by atoms with van der Waals surface area (Å²) in [6, 6.07) is 3.08. The molecule has 8 heteroatoms. The number of halogens is 4. The van der Waals surface area contributed by atoms with Gasteiger partial charge in [-0.05, 0) is 11.1 Å². The maximum Gasteiger partial charge on any atom is 0.137 e. The Balaban J connectivity index is 2.43. The molecule has 0 aliphatic rings. The Labute approximate surface area is 136 Å². The Kier molecular flexibility index (Phi) is 5.23. The molecule has 112 valence electrons. The molecule has 2 aromatic rings. The minimum absolute atomic E-state index is 0.00861. The third-order valence-electron chi connectivity index (χ3n) is 2.90. The summed E-state index contributed by atoms with van der Waals surface area (Å²) in [7, 11) is 0. The summed E-state index contributed by atoms with van der Waals surface area (Å²) in [5.41, 5.74) is -1.61. The van der Waals surface area contributed by atoms with E-state index in [4.69, 9.17) is 0 Å². The van der Waals surface area contributed by atoms with Crippen molar-refractivity contribution in [2.45, 2.75) is 18.6 Å². The van der Waals surface area contributed by atoms with Crippen LogP contribution < -0.4 is 0 Å². The average molecular weight is 423 g/mol. The summed E-state index contributed by atoms with van der Waals surface area (Å²) >= 11 is 6.41. The van der Waals surface area contributed by atoms with E-state index in [2.05, 4.69) is 41.9 Å². The molecule has 0 radical (unpaired) electrons. The summed E-state index contributed by atoms with van der Waals surface area (Å²) < 4.78 is 29.1. The number of aromatic nitrogens is 3. The molecular formula is C13H11Br2F2N3O. The summed E-state index contributed by atoms with van der Waals surface area (Å²) in [6.07, 6.45) is 2.82. The second-order valence-corrected chi connectivity index (χ2v) is 5.96. The fraction of sp³-hybridized carbons (Fsp3) is 0.231. The zero-order valence-corrected chi connectivity index (χ0v) is 13.9. The lowest BCUT2D eigenvalue weighted by molar-refractivity contribution is 0.0137. The lowest BCUT2D eigenvalue weighted by Gasteiger charge is -2.28. The molecule has 0 aliphatic heterocycles. The molecule has 4 nitrogen and oxygen atoms in total. The predicted octanol–water partition coefficient (Wildman–Crippen LogP) is 3.47. The Bertz CT molecular complexity index is 649. The van der Waals surface area contributed by atoms with E-state index in [0.29, 0.717) is 4.48 Å². The van der Waals surface area contributed by atoms with E-state index < -0.39 is 17.2 Å². The van der Waals surface area contributed by atoms with Gasteiger partial charge in [0.25, 0.3) is 0 Å². The van der Waals surface area contributed by atoms with Crippen molar-refractivity contribution in [3.63, 3.8) is 0 Å². The zero-order valence-electron chi connectivity index (χ0n) is 10.7. The van der Waals surface area contributed by atoms with Gasteiger partial charge in [-0.1, -0.05) is 37.9 Å². The molecule has 2 rings (SSSR count). The third kappa shape index (κ3) is 3.96. The van der Waals surface area contributed by atoms with Crippen molar-refractivity contribution < 1.29 is 13.9 Å². The monoisotopic (exact) mass is 421 g/mol. The fourth-order valence-corrected chi connectivity index (χ4v) is 2.63. The van der Waals surface area contributed by atoms with Crippen molar-refractivity contribution in [1.29, 1.82) is 0 Å². The van der Waals surface area contributed by atoms with E-state index in [1.165, 1.54) is 23.4 Å². The lowest BCUT2D eigenvalue weighted by atomic mass is 9.89. The second kappa shape index (κ2) is 6.76. The van der Waals surface area contributed by atoms with Gasteiger partial charge in [-0.2, -0.15) is 5.10 Å². The molecule has 1 heterocycles. The smallest absolute Gasteiger partial charge is 0.137 e. The molecular weight excluding hydrogens is 412 g/mol. The van der Waals surface area contributed by atoms with E-state index in [1.54, 1.807) is 4.99 Å². The van der Waals surface area contributed by atoms with Crippen molar-refractivity contribution >= 4 is 31.9 Å². The van der Waals surface area contributed by atoms with Gasteiger partial charge in [-0.3, -0.25) is 0 Å². The third-order valence-corrected chi connectivity index (χ3v) is 4.58. The lowest BCUT2D eigenvalue weighted by Crippen LogP contribution is -2.33. The molecule has 0 fully saturated rings. The first kappa shape index (κ1) is 16.3. The molecule has 1 unspecified atom stereocenters. The Morgan fingerprint density at radius 3 is 2.76 bits per heavy atom. The number of aliphatic hydroxyl groups is 1. The van der Waals surface area contributed by atoms with Crippen LogP contribution in [0.4, 0.5) is 8.78 Å². The fourth-order valence-electron chi connectivity index (χ4n) is 2.00. The van der Waals surface area contributed by atoms with Crippen LogP contribution >= 0.6 is 31.9 Å². The van der Waals surface area contributed by atoms with Crippen molar-refractivity contribution in [3.8, 4) is 0 Å². The van der Waals surface area contributed by atoms with Crippen LogP contribution in [0.3, 0.4) is 0 Å². The minimum Gasteiger partial charge on any atom is -0.383 e. The van der Waals surface area contributed by atoms with Gasteiger partial charge in [0.2, 0.25) is 0 Å². The quantitative estimate of drug-likeness (QED) is 0.802. The van der Waals surface area contributed by atoms with E-state index >= 15 is 0 Å². The normalized spacial score (nSPS) is 15.0. The summed E-state index contributed by atoms with van der Waals surface area (Å²) in [6.45, 7) is -0.0223. The van der Waals surface area contributed by atoms with Gasteiger partial charge in [0.15, 0.2) is 0 Å². The molecule has 0 saturated carbocycles. The van der Waals surface area contributed by atoms with Crippen LogP contribution in [-0.2, 0) is 12.1 Å². The number of hydrogen-bond donors (Lipinski definition) is 1. The van der Waals surface area contributed by atoms with Gasteiger partial charge in [-0.25, -0.2) is 18.4 Å². The van der Waals surface area contributed by atoms with Crippen LogP contribution in [-0.4, -0.2) is 19.9 Å². The number of hydrogen-bond acceptors (Lipinski definition) is 3. The molecule has 21 heavy (non-hydrogen) atoms. The van der Waals surface area contributed by atoms with Gasteiger partial charge in [0, 0.05) is 22.5 Å². The van der Waals surface area contributed by atoms with Crippen LogP contribution in [0, 0.1) is 11.6 Å². The van der Waals surface area contributed by atoms with E-state index in [1.807, 2.05) is 0 Å². The number of nitrogens with zero attached hydrogens (tertiary/aromatic N) is 3. The van der Waals surface area contributed by atoms with Gasteiger partial charge in [-0.15, -0.1) is 0 Å². The predicted molar refractivity (Wildman–Crippen MR) is 80.8 cm³/mol. The highest BCUT2D eigenvalue weighted by atomic mass is 79.9. The first-order valence-electron chi connectivity index (χ1n) is 5.90. The summed E-state index contributed by atoms with van der Waals surface area (Å²) in [5, 5.41) is 14.8. The Hall–Kier alpha value is -1.12. The molecule has 1 N–H and O–H groups in total. The van der Waals surface area contributed by atoms with E-state index in [0.717, 1.165) is 12.1 Å². The number of benzene rings is 1. The summed E-state index contributed by atoms with van der Waals surface area (Å²) in [5.74, 6) is -1.51. The molecule has 1 aromatic carbocycles. The first-order chi connectivity index (χ1) is 9.94. The molecule has 0 saturated heterocycles. The van der Waals surface area contributed by atoms with Crippen molar-refractivity contribution in [3.05, 3.63) is 57.5 Å². The van der Waals surface area contributed by atoms with Crippen LogP contribution in [0.5, 0.6) is 0 Å². The SMILES string of the molecule is OC(C/C(Br)=C/Br)(Cn1cncn1)c1ccc(F)cc1F. The topological polar surface area (TPSA) is 50.9 Å². The van der Waals surface area contributed by atoms with Gasteiger partial charge in [0.1, 0.15) is 29.9 Å². The van der Waals surface area contributed by atoms with Crippen molar-refractivity contribution in [2.24, 2.45) is 0 Å². The van der Waals surface area contributed by atoms with E-state index in [-0.39, 0.29) is 18.5 Å². The highest BCUT2D eigenvalue weighted by Gasteiger charge is 2.34. The van der Waals surface area contributed by atoms with Gasteiger partial charge in [0.05, 0.1) is 6.54 Å². The van der Waals surface area contributed by atoms with Crippen molar-refractivity contribution in [2.75, 3.05) is 0 Å². The maximum atomic E-state index is 14.0. The highest BCUT2D eigenvalue weighted by molar-refractivity contribution is 9.14. The maximum absolute atomic E-state index is 14.0. The largest absolute Gasteiger partial charge is 0.383 e. The Morgan fingerprint density at radius 2 is 2.19 bits per heavy atom. The van der Waals surface area contributed by atoms with Crippen LogP contribution in [0.25, 0.3) is 0 Å². The highest BCUT2D eigenvalue weighted by Crippen LogP contribution is 2.34. The van der Waals surface area contributed by atoms with Gasteiger partial charge < -0.3 is 5.11 Å². The summed E-state index contributed by atoms with van der Waals surface area (Å²) in [4.78, 5) is 5.36. The molecule has 1 aromatic heterocycles. The zero-order chi connectivity index (χ0) is 15.5. The first-order valence-corrected chi connectivity index (χ1v) is 7.60.